The van der Waals surface area contributed by atoms with Gasteiger partial charge in [-0.1, -0.05) is 30.3 Å². The molecule has 0 spiro atoms. The Kier molecular flexibility index (Phi) is 4.63. The van der Waals surface area contributed by atoms with Gasteiger partial charge in [-0.2, -0.15) is 0 Å². The third-order valence-electron chi connectivity index (χ3n) is 3.05. The molecule has 1 aliphatic heterocycles. The summed E-state index contributed by atoms with van der Waals surface area (Å²) in [5.74, 6) is -0.0819. The molecular formula is C16H21NO4. The van der Waals surface area contributed by atoms with Crippen molar-refractivity contribution >= 4 is 11.9 Å². The highest BCUT2D eigenvalue weighted by Gasteiger charge is 2.37. The molecule has 0 radical (unpaired) electrons. The van der Waals surface area contributed by atoms with Crippen LogP contribution in [0.3, 0.4) is 0 Å². The highest BCUT2D eigenvalue weighted by atomic mass is 16.6. The van der Waals surface area contributed by atoms with Crippen molar-refractivity contribution in [1.29, 1.82) is 0 Å². The molecule has 1 aromatic rings. The van der Waals surface area contributed by atoms with E-state index in [-0.39, 0.29) is 25.5 Å². The van der Waals surface area contributed by atoms with E-state index in [1.54, 1.807) is 0 Å². The third kappa shape index (κ3) is 4.56. The number of amides is 1. The molecule has 114 valence electrons. The average Bonchev–Trinajstić information content (AvgIpc) is 2.77. The van der Waals surface area contributed by atoms with Crippen molar-refractivity contribution in [1.82, 2.24) is 4.90 Å². The zero-order chi connectivity index (χ0) is 15.5. The number of carbonyl (C=O) groups is 2. The Labute approximate surface area is 124 Å². The standard InChI is InChI=1S/C16H21NO4/c1-16(2,3)21-14-10-17(9-13(14)18)15(19)20-11-12-7-5-4-6-8-12/h4-8,14H,9-11H2,1-3H3. The van der Waals surface area contributed by atoms with Crippen molar-refractivity contribution in [2.75, 3.05) is 13.1 Å². The number of likely N-dealkylation sites (tertiary alicyclic amines) is 1. The van der Waals surface area contributed by atoms with Crippen molar-refractivity contribution in [3.63, 3.8) is 0 Å². The van der Waals surface area contributed by atoms with Crippen molar-refractivity contribution in [3.8, 4) is 0 Å². The maximum Gasteiger partial charge on any atom is 0.410 e. The third-order valence-corrected chi connectivity index (χ3v) is 3.05. The van der Waals surface area contributed by atoms with Gasteiger partial charge >= 0.3 is 6.09 Å². The lowest BCUT2D eigenvalue weighted by atomic mass is 10.1. The van der Waals surface area contributed by atoms with Gasteiger partial charge < -0.3 is 9.47 Å². The SMILES string of the molecule is CC(C)(C)OC1CN(C(=O)OCc2ccccc2)CC1=O. The monoisotopic (exact) mass is 291 g/mol. The lowest BCUT2D eigenvalue weighted by Gasteiger charge is -2.23. The number of nitrogens with zero attached hydrogens (tertiary/aromatic N) is 1. The minimum Gasteiger partial charge on any atom is -0.445 e. The van der Waals surface area contributed by atoms with Crippen molar-refractivity contribution < 1.29 is 19.1 Å². The fourth-order valence-electron chi connectivity index (χ4n) is 2.14. The van der Waals surface area contributed by atoms with Crippen LogP contribution in [-0.2, 0) is 20.9 Å². The molecule has 0 aromatic heterocycles. The first kappa shape index (κ1) is 15.5. The predicted molar refractivity (Wildman–Crippen MR) is 77.8 cm³/mol. The summed E-state index contributed by atoms with van der Waals surface area (Å²) in [7, 11) is 0. The molecular weight excluding hydrogens is 270 g/mol. The van der Waals surface area contributed by atoms with Crippen LogP contribution in [0.25, 0.3) is 0 Å². The molecule has 5 heteroatoms. The van der Waals surface area contributed by atoms with Crippen LogP contribution in [0.15, 0.2) is 30.3 Å². The summed E-state index contributed by atoms with van der Waals surface area (Å²) in [5.41, 5.74) is 0.503. The molecule has 1 unspecified atom stereocenters. The van der Waals surface area contributed by atoms with Gasteiger partial charge in [0.1, 0.15) is 12.7 Å². The van der Waals surface area contributed by atoms with Crippen LogP contribution < -0.4 is 0 Å². The van der Waals surface area contributed by atoms with Gasteiger partial charge in [-0.25, -0.2) is 4.79 Å². The van der Waals surface area contributed by atoms with E-state index >= 15 is 0 Å². The highest BCUT2D eigenvalue weighted by Crippen LogP contribution is 2.18. The normalized spacial score (nSPS) is 18.9. The maximum atomic E-state index is 12.0. The van der Waals surface area contributed by atoms with E-state index in [2.05, 4.69) is 0 Å². The molecule has 5 nitrogen and oxygen atoms in total. The number of hydrogen-bond donors (Lipinski definition) is 0. The summed E-state index contributed by atoms with van der Waals surface area (Å²) in [6.07, 6.45) is -1.04. The van der Waals surface area contributed by atoms with Crippen LogP contribution in [0.2, 0.25) is 0 Å². The van der Waals surface area contributed by atoms with Crippen LogP contribution in [0, 0.1) is 0 Å². The van der Waals surface area contributed by atoms with E-state index in [0.717, 1.165) is 5.56 Å². The van der Waals surface area contributed by atoms with Crippen molar-refractivity contribution in [2.24, 2.45) is 0 Å². The first-order valence-electron chi connectivity index (χ1n) is 7.01. The molecule has 1 heterocycles. The zero-order valence-electron chi connectivity index (χ0n) is 12.7. The fourth-order valence-corrected chi connectivity index (χ4v) is 2.14. The summed E-state index contributed by atoms with van der Waals surface area (Å²) >= 11 is 0. The van der Waals surface area contributed by atoms with E-state index in [1.807, 2.05) is 51.1 Å². The van der Waals surface area contributed by atoms with Gasteiger partial charge in [-0.05, 0) is 26.3 Å². The Balaban J connectivity index is 1.85. The Bertz CT molecular complexity index is 507. The summed E-state index contributed by atoms with van der Waals surface area (Å²) in [4.78, 5) is 25.2. The van der Waals surface area contributed by atoms with Gasteiger partial charge in [0.05, 0.1) is 18.7 Å². The number of ketones is 1. The van der Waals surface area contributed by atoms with Crippen LogP contribution in [-0.4, -0.2) is 41.6 Å². The Morgan fingerprint density at radius 2 is 1.95 bits per heavy atom. The second-order valence-corrected chi connectivity index (χ2v) is 6.11. The Hall–Kier alpha value is -1.88. The smallest absolute Gasteiger partial charge is 0.410 e. The molecule has 1 saturated heterocycles. The van der Waals surface area contributed by atoms with Crippen LogP contribution in [0.4, 0.5) is 4.79 Å². The predicted octanol–water partition coefficient (Wildman–Crippen LogP) is 2.39. The average molecular weight is 291 g/mol. The molecule has 0 aliphatic carbocycles. The van der Waals surface area contributed by atoms with Gasteiger partial charge in [-0.3, -0.25) is 9.69 Å². The quantitative estimate of drug-likeness (QED) is 0.858. The summed E-state index contributed by atoms with van der Waals surface area (Å²) in [5, 5.41) is 0. The minimum atomic E-state index is -0.561. The second-order valence-electron chi connectivity index (χ2n) is 6.11. The summed E-state index contributed by atoms with van der Waals surface area (Å²) in [6.45, 7) is 6.16. The van der Waals surface area contributed by atoms with Gasteiger partial charge in [0.25, 0.3) is 0 Å². The molecule has 1 atom stereocenters. The van der Waals surface area contributed by atoms with Crippen LogP contribution >= 0.6 is 0 Å². The van der Waals surface area contributed by atoms with E-state index in [0.29, 0.717) is 0 Å². The minimum absolute atomic E-state index is 0.0500. The summed E-state index contributed by atoms with van der Waals surface area (Å²) < 4.78 is 10.9. The first-order valence-corrected chi connectivity index (χ1v) is 7.01. The van der Waals surface area contributed by atoms with E-state index < -0.39 is 17.8 Å². The van der Waals surface area contributed by atoms with Crippen molar-refractivity contribution in [3.05, 3.63) is 35.9 Å². The Morgan fingerprint density at radius 3 is 2.57 bits per heavy atom. The number of ether oxygens (including phenoxy) is 2. The number of carbonyl (C=O) groups excluding carboxylic acids is 2. The van der Waals surface area contributed by atoms with Crippen LogP contribution in [0.5, 0.6) is 0 Å². The number of benzene rings is 1. The lowest BCUT2D eigenvalue weighted by Crippen LogP contribution is -2.34. The molecule has 2 rings (SSSR count). The molecule has 0 N–H and O–H groups in total. The zero-order valence-corrected chi connectivity index (χ0v) is 12.7. The largest absolute Gasteiger partial charge is 0.445 e. The Morgan fingerprint density at radius 1 is 1.29 bits per heavy atom. The van der Waals surface area contributed by atoms with Crippen LogP contribution in [0.1, 0.15) is 26.3 Å². The molecule has 1 aromatic carbocycles. The van der Waals surface area contributed by atoms with E-state index in [9.17, 15) is 9.59 Å². The molecule has 0 bridgehead atoms. The number of rotatable bonds is 3. The van der Waals surface area contributed by atoms with Gasteiger partial charge in [0.15, 0.2) is 5.78 Å². The highest BCUT2D eigenvalue weighted by molar-refractivity contribution is 5.91. The molecule has 1 fully saturated rings. The van der Waals surface area contributed by atoms with Gasteiger partial charge in [-0.15, -0.1) is 0 Å². The maximum absolute atomic E-state index is 12.0. The molecule has 21 heavy (non-hydrogen) atoms. The second kappa shape index (κ2) is 6.26. The van der Waals surface area contributed by atoms with Crippen molar-refractivity contribution in [2.45, 2.75) is 39.1 Å². The first-order chi connectivity index (χ1) is 9.85. The summed E-state index contributed by atoms with van der Waals surface area (Å²) in [6, 6.07) is 9.44. The number of Topliss-reactive ketones (excluding diaryl/α,β-unsaturated/α-hetero) is 1. The molecule has 1 amide bonds. The lowest BCUT2D eigenvalue weighted by molar-refractivity contribution is -0.133. The molecule has 0 saturated carbocycles. The topological polar surface area (TPSA) is 55.8 Å². The fraction of sp³-hybridized carbons (Fsp3) is 0.500. The van der Waals surface area contributed by atoms with E-state index in [1.165, 1.54) is 4.90 Å². The number of hydrogen-bond acceptors (Lipinski definition) is 4. The van der Waals surface area contributed by atoms with E-state index in [4.69, 9.17) is 9.47 Å². The molecule has 1 aliphatic rings. The van der Waals surface area contributed by atoms with Gasteiger partial charge in [0.2, 0.25) is 0 Å². The van der Waals surface area contributed by atoms with Gasteiger partial charge in [0, 0.05) is 0 Å².